The Bertz CT molecular complexity index is 2420. The smallest absolute Gasteiger partial charge is 0.133 e. The fourth-order valence-electron chi connectivity index (χ4n) is 7.41. The van der Waals surface area contributed by atoms with Gasteiger partial charge in [-0.2, -0.15) is 11.3 Å². The molecule has 0 spiro atoms. The van der Waals surface area contributed by atoms with Crippen molar-refractivity contribution in [3.05, 3.63) is 162 Å². The predicted molar refractivity (Wildman–Crippen MR) is 593 cm³/mol. The summed E-state index contributed by atoms with van der Waals surface area (Å²) in [6.07, 6.45) is 23.4. The maximum atomic E-state index is 5.12. The van der Waals surface area contributed by atoms with Crippen LogP contribution in [0, 0.1) is 70.5 Å². The van der Waals surface area contributed by atoms with E-state index in [4.69, 9.17) is 9.15 Å². The van der Waals surface area contributed by atoms with Crippen molar-refractivity contribution < 1.29 is 9.15 Å². The number of benzene rings is 4. The second-order valence-electron chi connectivity index (χ2n) is 34.3. The summed E-state index contributed by atoms with van der Waals surface area (Å²) in [6.45, 7) is 114. The van der Waals surface area contributed by atoms with E-state index in [1.165, 1.54) is 135 Å². The number of nitrogens with one attached hydrogen (secondary N) is 3. The fraction of sp³-hybridized carbons (Fsp3) is 0.707. The van der Waals surface area contributed by atoms with E-state index in [1.807, 2.05) is 210 Å². The standard InChI is InChI=1S/C9H11N.C8H7N.C8H6O.C8H6S.C7H16.C6H12.C5H10O.C5H10.C4H9N.C4H4S.8C4H10.10C2H6/c1-2-6-9-8(4-1)5-3-7-10-9;3*1-2-4-8-7(3-1)5-6-9-8;1-6(2)7(3,4)5;1-5(2)6-3-4-6;1-2-4-6-5-3-1;3*1-2-4-5-3-1;8*1-4(2)3;10*1-2/h1-2,4,6,10H,3,5,7H2;1-6,9H;2*1-6H;6H,1-5H3;5-6H,3-4H2,1-2H3;1-5H2;1-5H2;5H,1-4H2;1-4H;8*4H,1-3H3;10*1-2H3. The van der Waals surface area contributed by atoms with Gasteiger partial charge in [-0.15, -0.1) is 11.3 Å². The molecular formula is C116H231N3O2S2. The van der Waals surface area contributed by atoms with E-state index in [1.54, 1.807) is 28.9 Å². The van der Waals surface area contributed by atoms with Gasteiger partial charge < -0.3 is 24.8 Å². The summed E-state index contributed by atoms with van der Waals surface area (Å²) in [6, 6.07) is 43.3. The number of furan rings is 1. The number of rotatable bonds is 1. The molecule has 2 saturated heterocycles. The summed E-state index contributed by atoms with van der Waals surface area (Å²) in [4.78, 5) is 3.12. The molecule has 2 aliphatic carbocycles. The highest BCUT2D eigenvalue weighted by atomic mass is 32.1. The van der Waals surface area contributed by atoms with Gasteiger partial charge in [0, 0.05) is 47.2 Å². The lowest BCUT2D eigenvalue weighted by molar-refractivity contribution is 0.0968. The van der Waals surface area contributed by atoms with Gasteiger partial charge in [0.25, 0.3) is 0 Å². The number of fused-ring (bicyclic) bond motifs is 4. The minimum Gasteiger partial charge on any atom is -0.464 e. The van der Waals surface area contributed by atoms with E-state index in [2.05, 4.69) is 308 Å². The summed E-state index contributed by atoms with van der Waals surface area (Å²) in [5.74, 6) is 9.53. The molecule has 4 aromatic carbocycles. The van der Waals surface area contributed by atoms with Crippen molar-refractivity contribution in [1.82, 2.24) is 10.3 Å². The second-order valence-corrected chi connectivity index (χ2v) is 36.1. The largest absolute Gasteiger partial charge is 0.464 e. The number of hydrogen-bond donors (Lipinski definition) is 3. The lowest BCUT2D eigenvalue weighted by atomic mass is 9.84. The molecule has 4 aromatic heterocycles. The third kappa shape index (κ3) is 161. The molecule has 0 radical (unpaired) electrons. The SMILES string of the molecule is C1CCCC1.C1CCNC1.C1CCOCC1.CC.CC.CC.CC.CC.CC.CC.CC.CC.CC.CC(C)C.CC(C)C.CC(C)C.CC(C)C.CC(C)C.CC(C)C.CC(C)C.CC(C)C.CC(C)C(C)(C)C.CC(C)C1CC1.c1ccc2[nH]ccc2c1.c1ccc2c(c1)CCCN2.c1ccc2occc2c1.c1ccc2sccc2c1.c1ccsc1. The van der Waals surface area contributed by atoms with Crippen LogP contribution in [0.15, 0.2) is 160 Å². The van der Waals surface area contributed by atoms with Crippen molar-refractivity contribution in [2.75, 3.05) is 38.2 Å². The van der Waals surface area contributed by atoms with Crippen molar-refractivity contribution >= 4 is 60.3 Å². The first kappa shape index (κ1) is 153. The summed E-state index contributed by atoms with van der Waals surface area (Å²) in [5.41, 5.74) is 5.46. The number of aromatic amines is 1. The summed E-state index contributed by atoms with van der Waals surface area (Å²) >= 11 is 3.50. The molecule has 123 heavy (non-hydrogen) atoms. The second kappa shape index (κ2) is 130. The molecule has 0 unspecified atom stereocenters. The van der Waals surface area contributed by atoms with E-state index < -0.39 is 0 Å². The predicted octanol–water partition coefficient (Wildman–Crippen LogP) is 43.1. The lowest BCUT2D eigenvalue weighted by Gasteiger charge is -2.22. The van der Waals surface area contributed by atoms with E-state index >= 15 is 0 Å². The zero-order chi connectivity index (χ0) is 99.2. The van der Waals surface area contributed by atoms with Crippen LogP contribution in [0.1, 0.15) is 442 Å². The summed E-state index contributed by atoms with van der Waals surface area (Å²) in [7, 11) is 0. The molecule has 13 rings (SSSR count). The third-order valence-electron chi connectivity index (χ3n) is 13.1. The van der Waals surface area contributed by atoms with E-state index in [0.717, 1.165) is 95.8 Å². The molecule has 3 aliphatic heterocycles. The highest BCUT2D eigenvalue weighted by molar-refractivity contribution is 7.17. The Kier molecular flexibility index (Phi) is 162. The third-order valence-corrected chi connectivity index (χ3v) is 14.7. The van der Waals surface area contributed by atoms with Gasteiger partial charge in [0.1, 0.15) is 5.58 Å². The number of ether oxygens (including phenoxy) is 1. The van der Waals surface area contributed by atoms with Crippen LogP contribution < -0.4 is 10.6 Å². The average molecular weight is 1760 g/mol. The lowest BCUT2D eigenvalue weighted by Crippen LogP contribution is -2.12. The van der Waals surface area contributed by atoms with Crippen molar-refractivity contribution in [1.29, 1.82) is 0 Å². The Hall–Kier alpha value is -4.66. The summed E-state index contributed by atoms with van der Waals surface area (Å²) < 4.78 is 11.6. The van der Waals surface area contributed by atoms with Gasteiger partial charge in [-0.25, -0.2) is 0 Å². The minimum absolute atomic E-state index is 0.500. The molecule has 0 bridgehead atoms. The summed E-state index contributed by atoms with van der Waals surface area (Å²) in [5, 5.41) is 16.6. The van der Waals surface area contributed by atoms with Crippen molar-refractivity contribution in [2.45, 2.75) is 443 Å². The Morgan fingerprint density at radius 1 is 0.333 bits per heavy atom. The van der Waals surface area contributed by atoms with E-state index in [0.29, 0.717) is 5.41 Å². The first-order chi connectivity index (χ1) is 58.5. The Labute approximate surface area is 787 Å². The molecule has 734 valence electrons. The highest BCUT2D eigenvalue weighted by Crippen LogP contribution is 2.36. The molecule has 0 atom stereocenters. The van der Waals surface area contributed by atoms with Crippen LogP contribution in [0.3, 0.4) is 0 Å². The van der Waals surface area contributed by atoms with Gasteiger partial charge in [0.15, 0.2) is 0 Å². The molecular weight excluding hydrogens is 1530 g/mol. The van der Waals surface area contributed by atoms with Gasteiger partial charge in [-0.05, 0) is 216 Å². The van der Waals surface area contributed by atoms with Gasteiger partial charge in [-0.1, -0.05) is 470 Å². The van der Waals surface area contributed by atoms with Gasteiger partial charge in [-0.3, -0.25) is 0 Å². The molecule has 3 N–H and O–H groups in total. The molecule has 5 aliphatic rings. The van der Waals surface area contributed by atoms with Gasteiger partial charge in [0.2, 0.25) is 0 Å². The molecule has 4 fully saturated rings. The molecule has 7 heterocycles. The van der Waals surface area contributed by atoms with Crippen molar-refractivity contribution in [2.24, 2.45) is 70.5 Å². The first-order valence-corrected chi connectivity index (χ1v) is 52.7. The maximum Gasteiger partial charge on any atom is 0.133 e. The van der Waals surface area contributed by atoms with Gasteiger partial charge >= 0.3 is 0 Å². The fourth-order valence-corrected chi connectivity index (χ4v) is 8.65. The Balaban J connectivity index is -0.0000000769. The average Bonchev–Trinajstić information content (AvgIpc) is 1.31. The number of para-hydroxylation sites is 3. The van der Waals surface area contributed by atoms with Crippen LogP contribution in [0.5, 0.6) is 0 Å². The van der Waals surface area contributed by atoms with E-state index in [9.17, 15) is 0 Å². The van der Waals surface area contributed by atoms with Crippen LogP contribution in [-0.4, -0.2) is 37.8 Å². The van der Waals surface area contributed by atoms with Crippen LogP contribution >= 0.6 is 22.7 Å². The van der Waals surface area contributed by atoms with Crippen LogP contribution in [0.25, 0.3) is 32.0 Å². The van der Waals surface area contributed by atoms with Crippen LogP contribution in [-0.2, 0) is 11.2 Å². The molecule has 8 aromatic rings. The molecule has 5 nitrogen and oxygen atoms in total. The zero-order valence-corrected chi connectivity index (χ0v) is 95.1. The number of hydrogen-bond acceptors (Lipinski definition) is 6. The minimum atomic E-state index is 0.500. The molecule has 0 amide bonds. The topological polar surface area (TPSA) is 62.2 Å². The Morgan fingerprint density at radius 2 is 0.675 bits per heavy atom. The van der Waals surface area contributed by atoms with Crippen LogP contribution in [0.4, 0.5) is 5.69 Å². The maximum absolute atomic E-state index is 5.12. The molecule has 7 heteroatoms. The number of aryl methyl sites for hydroxylation is 1. The normalized spacial score (nSPS) is 11.6. The zero-order valence-electron chi connectivity index (χ0n) is 93.4. The monoisotopic (exact) mass is 1760 g/mol. The number of H-pyrrole nitrogens is 1. The highest BCUT2D eigenvalue weighted by Gasteiger charge is 2.24. The van der Waals surface area contributed by atoms with Crippen molar-refractivity contribution in [3.63, 3.8) is 0 Å². The number of anilines is 1. The Morgan fingerprint density at radius 3 is 0.959 bits per heavy atom. The van der Waals surface area contributed by atoms with Crippen LogP contribution in [0.2, 0.25) is 0 Å². The molecule has 2 saturated carbocycles. The quantitative estimate of drug-likeness (QED) is 0.153. The van der Waals surface area contributed by atoms with Crippen molar-refractivity contribution in [3.8, 4) is 0 Å². The number of aromatic nitrogens is 1. The first-order valence-electron chi connectivity index (χ1n) is 50.9. The number of thiophene rings is 2. The van der Waals surface area contributed by atoms with E-state index in [-0.39, 0.29) is 0 Å². The van der Waals surface area contributed by atoms with Gasteiger partial charge in [0.05, 0.1) is 6.26 Å².